The summed E-state index contributed by atoms with van der Waals surface area (Å²) in [5.41, 5.74) is 3.32. The topological polar surface area (TPSA) is 50.4 Å². The molecule has 1 unspecified atom stereocenters. The third kappa shape index (κ3) is 6.61. The largest absolute Gasteiger partial charge is 0.497 e. The predicted molar refractivity (Wildman–Crippen MR) is 128 cm³/mol. The maximum absolute atomic E-state index is 12.6. The summed E-state index contributed by atoms with van der Waals surface area (Å²) in [6, 6.07) is 28.4. The van der Waals surface area contributed by atoms with Gasteiger partial charge < -0.3 is 15.4 Å². The third-order valence-electron chi connectivity index (χ3n) is 5.62. The molecule has 0 saturated carbocycles. The summed E-state index contributed by atoms with van der Waals surface area (Å²) in [5, 5.41) is 6.09. The van der Waals surface area contributed by atoms with Crippen LogP contribution in [0.25, 0.3) is 0 Å². The monoisotopic (exact) mass is 416 g/mol. The van der Waals surface area contributed by atoms with E-state index >= 15 is 0 Å². The van der Waals surface area contributed by atoms with Crippen LogP contribution in [-0.2, 0) is 0 Å². The Labute approximate surface area is 185 Å². The summed E-state index contributed by atoms with van der Waals surface area (Å²) in [4.78, 5) is 12.6. The van der Waals surface area contributed by atoms with Gasteiger partial charge >= 0.3 is 6.03 Å². The highest BCUT2D eigenvalue weighted by atomic mass is 16.5. The molecular weight excluding hydrogens is 384 g/mol. The summed E-state index contributed by atoms with van der Waals surface area (Å²) < 4.78 is 5.23. The molecule has 1 atom stereocenters. The number of hydrogen-bond donors (Lipinski definition) is 2. The number of benzene rings is 3. The van der Waals surface area contributed by atoms with E-state index in [0.29, 0.717) is 23.3 Å². The molecule has 0 spiro atoms. The van der Waals surface area contributed by atoms with E-state index in [1.807, 2.05) is 36.4 Å². The summed E-state index contributed by atoms with van der Waals surface area (Å²) in [6.07, 6.45) is 1.84. The van der Waals surface area contributed by atoms with E-state index in [0.717, 1.165) is 12.8 Å². The minimum atomic E-state index is -0.192. The van der Waals surface area contributed by atoms with Crippen LogP contribution in [0.1, 0.15) is 43.7 Å². The van der Waals surface area contributed by atoms with Gasteiger partial charge in [0.15, 0.2) is 0 Å². The van der Waals surface area contributed by atoms with E-state index in [2.05, 4.69) is 73.0 Å². The molecule has 0 aliphatic heterocycles. The second kappa shape index (κ2) is 11.2. The molecule has 4 nitrogen and oxygen atoms in total. The second-order valence-corrected chi connectivity index (χ2v) is 8.13. The zero-order valence-electron chi connectivity index (χ0n) is 18.5. The first-order valence-corrected chi connectivity index (χ1v) is 10.9. The van der Waals surface area contributed by atoms with Gasteiger partial charge in [0.25, 0.3) is 0 Å². The van der Waals surface area contributed by atoms with Gasteiger partial charge in [0.2, 0.25) is 0 Å². The number of carbonyl (C=O) groups excluding carboxylic acids is 1. The number of rotatable bonds is 9. The Balaban J connectivity index is 1.67. The zero-order valence-corrected chi connectivity index (χ0v) is 18.5. The lowest BCUT2D eigenvalue weighted by Crippen LogP contribution is -2.41. The van der Waals surface area contributed by atoms with Gasteiger partial charge in [-0.05, 0) is 42.0 Å². The first-order chi connectivity index (χ1) is 15.1. The molecule has 162 valence electrons. The van der Waals surface area contributed by atoms with Crippen LogP contribution in [0.5, 0.6) is 5.75 Å². The molecule has 2 N–H and O–H groups in total. The molecule has 0 aliphatic carbocycles. The Hall–Kier alpha value is -3.27. The van der Waals surface area contributed by atoms with Crippen molar-refractivity contribution in [3.05, 3.63) is 96.1 Å². The summed E-state index contributed by atoms with van der Waals surface area (Å²) in [6.45, 7) is 4.30. The number of amides is 2. The van der Waals surface area contributed by atoms with Crippen molar-refractivity contribution in [3.63, 3.8) is 0 Å². The van der Waals surface area contributed by atoms with E-state index in [1.54, 1.807) is 7.11 Å². The van der Waals surface area contributed by atoms with Crippen LogP contribution in [0.4, 0.5) is 10.5 Å². The number of nitrogens with one attached hydrogen (secondary N) is 2. The highest BCUT2D eigenvalue weighted by Crippen LogP contribution is 2.30. The maximum atomic E-state index is 12.6. The summed E-state index contributed by atoms with van der Waals surface area (Å²) >= 11 is 0. The van der Waals surface area contributed by atoms with Crippen LogP contribution in [0.15, 0.2) is 84.9 Å². The number of hydrogen-bond acceptors (Lipinski definition) is 2. The van der Waals surface area contributed by atoms with Crippen LogP contribution >= 0.6 is 0 Å². The van der Waals surface area contributed by atoms with Gasteiger partial charge in [-0.3, -0.25) is 0 Å². The Kier molecular flexibility index (Phi) is 8.11. The molecule has 0 heterocycles. The molecule has 31 heavy (non-hydrogen) atoms. The van der Waals surface area contributed by atoms with Crippen molar-refractivity contribution in [1.82, 2.24) is 5.32 Å². The molecule has 3 aromatic carbocycles. The van der Waals surface area contributed by atoms with Crippen molar-refractivity contribution >= 4 is 11.7 Å². The number of methoxy groups -OCH3 is 1. The van der Waals surface area contributed by atoms with E-state index in [9.17, 15) is 4.79 Å². The maximum Gasteiger partial charge on any atom is 0.319 e. The molecule has 4 heteroatoms. The van der Waals surface area contributed by atoms with E-state index < -0.39 is 0 Å². The minimum absolute atomic E-state index is 0.0699. The van der Waals surface area contributed by atoms with Crippen molar-refractivity contribution in [2.24, 2.45) is 5.92 Å². The Bertz CT molecular complexity index is 902. The zero-order chi connectivity index (χ0) is 22.1. The van der Waals surface area contributed by atoms with Gasteiger partial charge in [0, 0.05) is 23.7 Å². The number of carbonyl (C=O) groups is 1. The average molecular weight is 417 g/mol. The third-order valence-corrected chi connectivity index (χ3v) is 5.62. The second-order valence-electron chi connectivity index (χ2n) is 8.13. The summed E-state index contributed by atoms with van der Waals surface area (Å²) in [7, 11) is 1.61. The molecule has 0 radical (unpaired) electrons. The van der Waals surface area contributed by atoms with Crippen LogP contribution in [0.3, 0.4) is 0 Å². The normalized spacial score (nSPS) is 11.9. The van der Waals surface area contributed by atoms with Crippen LogP contribution in [0.2, 0.25) is 0 Å². The fraction of sp³-hybridized carbons (Fsp3) is 0.296. The smallest absolute Gasteiger partial charge is 0.319 e. The van der Waals surface area contributed by atoms with Crippen LogP contribution in [0, 0.1) is 5.92 Å². The van der Waals surface area contributed by atoms with E-state index in [4.69, 9.17) is 4.74 Å². The van der Waals surface area contributed by atoms with Crippen LogP contribution < -0.4 is 15.4 Å². The van der Waals surface area contributed by atoms with Gasteiger partial charge in [-0.15, -0.1) is 0 Å². The van der Waals surface area contributed by atoms with Gasteiger partial charge in [-0.1, -0.05) is 80.6 Å². The lowest BCUT2D eigenvalue weighted by molar-refractivity contribution is 0.242. The van der Waals surface area contributed by atoms with Crippen molar-refractivity contribution < 1.29 is 9.53 Å². The molecule has 0 aromatic heterocycles. The quantitative estimate of drug-likeness (QED) is 0.421. The molecule has 0 bridgehead atoms. The summed E-state index contributed by atoms with van der Waals surface area (Å²) in [5.74, 6) is 1.34. The first kappa shape index (κ1) is 22.4. The fourth-order valence-corrected chi connectivity index (χ4v) is 3.85. The number of ether oxygens (including phenoxy) is 1. The number of anilines is 1. The van der Waals surface area contributed by atoms with Crippen molar-refractivity contribution in [2.45, 2.75) is 38.6 Å². The molecule has 0 saturated heterocycles. The van der Waals surface area contributed by atoms with Gasteiger partial charge in [-0.2, -0.15) is 0 Å². The predicted octanol–water partition coefficient (Wildman–Crippen LogP) is 6.45. The van der Waals surface area contributed by atoms with Crippen molar-refractivity contribution in [1.29, 1.82) is 0 Å². The molecule has 0 aliphatic rings. The van der Waals surface area contributed by atoms with E-state index in [1.165, 1.54) is 11.1 Å². The molecule has 2 amide bonds. The lowest BCUT2D eigenvalue weighted by Gasteiger charge is -2.26. The molecular formula is C27H32N2O2. The SMILES string of the molecule is COc1cccc(NC(=O)NC(CCC(c2ccccc2)c2ccccc2)C(C)C)c1. The van der Waals surface area contributed by atoms with Gasteiger partial charge in [0.1, 0.15) is 5.75 Å². The average Bonchev–Trinajstić information content (AvgIpc) is 2.80. The first-order valence-electron chi connectivity index (χ1n) is 10.9. The van der Waals surface area contributed by atoms with E-state index in [-0.39, 0.29) is 12.1 Å². The Morgan fingerprint density at radius 1 is 0.839 bits per heavy atom. The number of urea groups is 1. The minimum Gasteiger partial charge on any atom is -0.497 e. The van der Waals surface area contributed by atoms with Crippen LogP contribution in [-0.4, -0.2) is 19.2 Å². The Morgan fingerprint density at radius 2 is 1.45 bits per heavy atom. The molecule has 3 aromatic rings. The lowest BCUT2D eigenvalue weighted by atomic mass is 9.85. The molecule has 0 fully saturated rings. The van der Waals surface area contributed by atoms with Gasteiger partial charge in [-0.25, -0.2) is 4.79 Å². The van der Waals surface area contributed by atoms with Crippen molar-refractivity contribution in [3.8, 4) is 5.75 Å². The fourth-order valence-electron chi connectivity index (χ4n) is 3.85. The van der Waals surface area contributed by atoms with Gasteiger partial charge in [0.05, 0.1) is 7.11 Å². The van der Waals surface area contributed by atoms with Crippen molar-refractivity contribution in [2.75, 3.05) is 12.4 Å². The Morgan fingerprint density at radius 3 is 2.00 bits per heavy atom. The highest BCUT2D eigenvalue weighted by molar-refractivity contribution is 5.89. The molecule has 3 rings (SSSR count). The standard InChI is InChI=1S/C27H32N2O2/c1-20(2)26(29-27(30)28-23-15-10-16-24(19-23)31-3)18-17-25(21-11-6-4-7-12-21)22-13-8-5-9-14-22/h4-16,19-20,25-26H,17-18H2,1-3H3,(H2,28,29,30). The highest BCUT2D eigenvalue weighted by Gasteiger charge is 2.20.